The Morgan fingerprint density at radius 3 is 2.71 bits per heavy atom. The number of H-pyrrole nitrogens is 2. The van der Waals surface area contributed by atoms with E-state index in [-0.39, 0.29) is 29.2 Å². The molecule has 2 saturated heterocycles. The highest BCUT2D eigenvalue weighted by Crippen LogP contribution is 2.39. The molecule has 8 heteroatoms. The van der Waals surface area contributed by atoms with Crippen LogP contribution in [0.1, 0.15) is 51.5 Å². The van der Waals surface area contributed by atoms with E-state index in [4.69, 9.17) is 0 Å². The molecule has 1 spiro atoms. The van der Waals surface area contributed by atoms with Crippen molar-refractivity contribution in [3.05, 3.63) is 32.6 Å². The minimum atomic E-state index is -0.577. The van der Waals surface area contributed by atoms with Crippen molar-refractivity contribution in [1.82, 2.24) is 19.8 Å². The van der Waals surface area contributed by atoms with E-state index in [0.29, 0.717) is 32.0 Å². The molecular formula is C20H30N4O4. The van der Waals surface area contributed by atoms with E-state index >= 15 is 0 Å². The molecule has 0 aliphatic carbocycles. The molecule has 3 heterocycles. The second-order valence-corrected chi connectivity index (χ2v) is 8.69. The molecule has 0 radical (unpaired) electrons. The van der Waals surface area contributed by atoms with Gasteiger partial charge in [0.1, 0.15) is 0 Å². The third-order valence-electron chi connectivity index (χ3n) is 5.98. The van der Waals surface area contributed by atoms with Crippen molar-refractivity contribution in [3.8, 4) is 0 Å². The van der Waals surface area contributed by atoms with Gasteiger partial charge < -0.3 is 14.8 Å². The Morgan fingerprint density at radius 2 is 2.00 bits per heavy atom. The van der Waals surface area contributed by atoms with Crippen LogP contribution in [0.15, 0.2) is 15.8 Å². The molecule has 3 rings (SSSR count). The van der Waals surface area contributed by atoms with Gasteiger partial charge >= 0.3 is 5.69 Å². The van der Waals surface area contributed by atoms with Crippen LogP contribution < -0.4 is 11.2 Å². The van der Waals surface area contributed by atoms with Crippen molar-refractivity contribution in [1.29, 1.82) is 0 Å². The number of amides is 2. The summed E-state index contributed by atoms with van der Waals surface area (Å²) in [6.07, 6.45) is 5.54. The van der Waals surface area contributed by atoms with Gasteiger partial charge in [-0.05, 0) is 31.6 Å². The first kappa shape index (κ1) is 20.4. The normalized spacial score (nSPS) is 22.9. The van der Waals surface area contributed by atoms with Crippen LogP contribution >= 0.6 is 0 Å². The fraction of sp³-hybridized carbons (Fsp3) is 0.700. The zero-order valence-electron chi connectivity index (χ0n) is 16.8. The number of nitrogens with zero attached hydrogens (tertiary/aromatic N) is 2. The summed E-state index contributed by atoms with van der Waals surface area (Å²) in [7, 11) is 0. The summed E-state index contributed by atoms with van der Waals surface area (Å²) in [5.41, 5.74) is -0.879. The second-order valence-electron chi connectivity index (χ2n) is 8.69. The Bertz CT molecular complexity index is 843. The molecule has 1 aromatic rings. The predicted octanol–water partition coefficient (Wildman–Crippen LogP) is 0.883. The number of nitrogens with one attached hydrogen (secondary N) is 2. The van der Waals surface area contributed by atoms with Crippen molar-refractivity contribution < 1.29 is 9.59 Å². The topological polar surface area (TPSA) is 106 Å². The van der Waals surface area contributed by atoms with Crippen molar-refractivity contribution in [2.75, 3.05) is 26.2 Å². The molecule has 2 N–H and O–H groups in total. The number of carbonyl (C=O) groups is 2. The highest BCUT2D eigenvalue weighted by Gasteiger charge is 2.42. The highest BCUT2D eigenvalue weighted by atomic mass is 16.2. The molecule has 0 saturated carbocycles. The Hall–Kier alpha value is -2.38. The number of likely N-dealkylation sites (tertiary alicyclic amines) is 2. The standard InChI is InChI=1S/C20H30N4O4/c1-14(2)5-9-24-13-20(7-4-16(24)25)6-3-8-23(12-20)17(26)10-15-11-21-19(28)22-18(15)27/h11,14H,3-10,12-13H2,1-2H3,(H2,21,22,27,28)/t20-/m1/s1. The summed E-state index contributed by atoms with van der Waals surface area (Å²) in [6.45, 7) is 7.09. The van der Waals surface area contributed by atoms with Crippen LogP contribution in [0.4, 0.5) is 0 Å². The van der Waals surface area contributed by atoms with Crippen molar-refractivity contribution >= 4 is 11.8 Å². The Balaban J connectivity index is 1.67. The van der Waals surface area contributed by atoms with E-state index in [1.54, 1.807) is 0 Å². The molecule has 154 valence electrons. The first-order valence-corrected chi connectivity index (χ1v) is 10.1. The fourth-order valence-electron chi connectivity index (χ4n) is 4.32. The van der Waals surface area contributed by atoms with Crippen LogP contribution in [0.3, 0.4) is 0 Å². The average molecular weight is 390 g/mol. The number of hydrogen-bond donors (Lipinski definition) is 2. The van der Waals surface area contributed by atoms with Crippen molar-refractivity contribution in [3.63, 3.8) is 0 Å². The van der Waals surface area contributed by atoms with Crippen LogP contribution in [-0.2, 0) is 16.0 Å². The molecule has 0 unspecified atom stereocenters. The zero-order chi connectivity index (χ0) is 20.3. The molecule has 28 heavy (non-hydrogen) atoms. The molecule has 2 amide bonds. The first-order valence-electron chi connectivity index (χ1n) is 10.1. The number of hydrogen-bond acceptors (Lipinski definition) is 4. The van der Waals surface area contributed by atoms with Gasteiger partial charge in [0, 0.05) is 49.8 Å². The first-order chi connectivity index (χ1) is 13.3. The van der Waals surface area contributed by atoms with E-state index in [2.05, 4.69) is 23.8 Å². The largest absolute Gasteiger partial charge is 0.342 e. The third-order valence-corrected chi connectivity index (χ3v) is 5.98. The van der Waals surface area contributed by atoms with Crippen LogP contribution in [0.5, 0.6) is 0 Å². The molecule has 2 aliphatic heterocycles. The molecule has 2 aliphatic rings. The molecule has 8 nitrogen and oxygen atoms in total. The number of aromatic nitrogens is 2. The lowest BCUT2D eigenvalue weighted by Gasteiger charge is -2.48. The van der Waals surface area contributed by atoms with Crippen LogP contribution in [0, 0.1) is 11.3 Å². The SMILES string of the molecule is CC(C)CCN1C[C@]2(CCCN(C(=O)Cc3c[nH]c(=O)[nH]c3=O)C2)CCC1=O. The van der Waals surface area contributed by atoms with Gasteiger partial charge in [-0.3, -0.25) is 19.4 Å². The predicted molar refractivity (Wildman–Crippen MR) is 105 cm³/mol. The minimum Gasteiger partial charge on any atom is -0.342 e. The lowest BCUT2D eigenvalue weighted by atomic mass is 9.73. The summed E-state index contributed by atoms with van der Waals surface area (Å²) < 4.78 is 0. The van der Waals surface area contributed by atoms with Gasteiger partial charge in [0.25, 0.3) is 5.56 Å². The summed E-state index contributed by atoms with van der Waals surface area (Å²) in [6, 6.07) is 0. The van der Waals surface area contributed by atoms with Gasteiger partial charge in [0.05, 0.1) is 6.42 Å². The molecule has 1 aromatic heterocycles. The van der Waals surface area contributed by atoms with E-state index in [1.165, 1.54) is 6.20 Å². The molecular weight excluding hydrogens is 360 g/mol. The molecule has 0 bridgehead atoms. The Kier molecular flexibility index (Phi) is 6.05. The van der Waals surface area contributed by atoms with Crippen molar-refractivity contribution in [2.24, 2.45) is 11.3 Å². The highest BCUT2D eigenvalue weighted by molar-refractivity contribution is 5.79. The summed E-state index contributed by atoms with van der Waals surface area (Å²) in [5, 5.41) is 0. The van der Waals surface area contributed by atoms with E-state index in [0.717, 1.165) is 32.2 Å². The van der Waals surface area contributed by atoms with Crippen molar-refractivity contribution in [2.45, 2.75) is 52.4 Å². The summed E-state index contributed by atoms with van der Waals surface area (Å²) in [4.78, 5) is 56.5. The number of rotatable bonds is 5. The van der Waals surface area contributed by atoms with Gasteiger partial charge in [0.15, 0.2) is 0 Å². The molecule has 1 atom stereocenters. The minimum absolute atomic E-state index is 0.0296. The van der Waals surface area contributed by atoms with Gasteiger partial charge in [-0.2, -0.15) is 0 Å². The number of carbonyl (C=O) groups excluding carboxylic acids is 2. The zero-order valence-corrected chi connectivity index (χ0v) is 16.8. The van der Waals surface area contributed by atoms with Gasteiger partial charge in [0.2, 0.25) is 11.8 Å². The van der Waals surface area contributed by atoms with Gasteiger partial charge in [-0.25, -0.2) is 4.79 Å². The van der Waals surface area contributed by atoms with Crippen LogP contribution in [-0.4, -0.2) is 57.8 Å². The van der Waals surface area contributed by atoms with E-state index in [1.807, 2.05) is 9.80 Å². The monoisotopic (exact) mass is 390 g/mol. The maximum atomic E-state index is 12.8. The van der Waals surface area contributed by atoms with Gasteiger partial charge in [-0.15, -0.1) is 0 Å². The third kappa shape index (κ3) is 4.72. The maximum absolute atomic E-state index is 12.8. The lowest BCUT2D eigenvalue weighted by Crippen LogP contribution is -2.55. The number of aromatic amines is 2. The van der Waals surface area contributed by atoms with E-state index < -0.39 is 11.2 Å². The fourth-order valence-corrected chi connectivity index (χ4v) is 4.32. The maximum Gasteiger partial charge on any atom is 0.325 e. The van der Waals surface area contributed by atoms with Crippen LogP contribution in [0.2, 0.25) is 0 Å². The number of piperidine rings is 2. The van der Waals surface area contributed by atoms with Gasteiger partial charge in [-0.1, -0.05) is 13.8 Å². The molecule has 0 aromatic carbocycles. The van der Waals surface area contributed by atoms with Crippen LogP contribution in [0.25, 0.3) is 0 Å². The second kappa shape index (κ2) is 8.32. The lowest BCUT2D eigenvalue weighted by molar-refractivity contribution is -0.142. The Labute approximate surface area is 164 Å². The smallest absolute Gasteiger partial charge is 0.325 e. The summed E-state index contributed by atoms with van der Waals surface area (Å²) >= 11 is 0. The average Bonchev–Trinajstić information content (AvgIpc) is 2.65. The van der Waals surface area contributed by atoms with E-state index in [9.17, 15) is 19.2 Å². The molecule has 2 fully saturated rings. The quantitative estimate of drug-likeness (QED) is 0.778. The Morgan fingerprint density at radius 1 is 1.21 bits per heavy atom. The summed E-state index contributed by atoms with van der Waals surface area (Å²) in [5.74, 6) is 0.655.